The molecule has 0 radical (unpaired) electrons. The molecule has 0 saturated carbocycles. The molecule has 2 aromatic carbocycles. The van der Waals surface area contributed by atoms with E-state index in [1.807, 2.05) is 34.9 Å². The first-order chi connectivity index (χ1) is 15.1. The second-order valence-electron chi connectivity index (χ2n) is 7.37. The summed E-state index contributed by atoms with van der Waals surface area (Å²) in [4.78, 5) is 14.8. The van der Waals surface area contributed by atoms with E-state index in [4.69, 9.17) is 11.6 Å². The molecule has 1 aliphatic heterocycles. The highest BCUT2D eigenvalue weighted by molar-refractivity contribution is 7.99. The Bertz CT molecular complexity index is 1040. The third-order valence-electron chi connectivity index (χ3n) is 5.07. The van der Waals surface area contributed by atoms with E-state index in [1.54, 1.807) is 0 Å². The second-order valence-corrected chi connectivity index (χ2v) is 8.75. The van der Waals surface area contributed by atoms with Crippen molar-refractivity contribution in [2.45, 2.75) is 31.0 Å². The molecule has 1 N–H and O–H groups in total. The Labute approximate surface area is 189 Å². The number of rotatable bonds is 7. The van der Waals surface area contributed by atoms with Gasteiger partial charge in [0, 0.05) is 10.7 Å². The van der Waals surface area contributed by atoms with E-state index >= 15 is 0 Å². The predicted octanol–water partition coefficient (Wildman–Crippen LogP) is 4.78. The highest BCUT2D eigenvalue weighted by Gasteiger charge is 2.19. The minimum absolute atomic E-state index is 0.0801. The Hall–Kier alpha value is -2.42. The summed E-state index contributed by atoms with van der Waals surface area (Å²) in [6.45, 7) is 2.82. The van der Waals surface area contributed by atoms with Crippen LogP contribution >= 0.6 is 23.4 Å². The molecule has 0 unspecified atom stereocenters. The van der Waals surface area contributed by atoms with Crippen LogP contribution in [0.3, 0.4) is 0 Å². The zero-order valence-corrected chi connectivity index (χ0v) is 18.5. The highest BCUT2D eigenvalue weighted by Crippen LogP contribution is 2.24. The SMILES string of the molecule is O=C(CSc1nnc(CN2CCCCC2)n1-c1ccccc1)Nc1ccc(Cl)cc1F. The molecule has 1 aromatic heterocycles. The van der Waals surface area contributed by atoms with Gasteiger partial charge in [-0.25, -0.2) is 4.39 Å². The fraction of sp³-hybridized carbons (Fsp3) is 0.318. The van der Waals surface area contributed by atoms with Crippen LogP contribution in [0.5, 0.6) is 0 Å². The number of hydrogen-bond acceptors (Lipinski definition) is 5. The maximum atomic E-state index is 13.9. The van der Waals surface area contributed by atoms with Crippen LogP contribution in [-0.2, 0) is 11.3 Å². The lowest BCUT2D eigenvalue weighted by molar-refractivity contribution is -0.113. The molecule has 9 heteroatoms. The smallest absolute Gasteiger partial charge is 0.234 e. The van der Waals surface area contributed by atoms with Crippen molar-refractivity contribution in [3.63, 3.8) is 0 Å². The maximum absolute atomic E-state index is 13.9. The van der Waals surface area contributed by atoms with Crippen molar-refractivity contribution in [3.05, 3.63) is 65.2 Å². The van der Waals surface area contributed by atoms with Gasteiger partial charge in [-0.1, -0.05) is 48.0 Å². The Kier molecular flexibility index (Phi) is 7.21. The lowest BCUT2D eigenvalue weighted by Crippen LogP contribution is -2.30. The Morgan fingerprint density at radius 3 is 2.61 bits per heavy atom. The van der Waals surface area contributed by atoms with E-state index < -0.39 is 5.82 Å². The van der Waals surface area contributed by atoms with E-state index in [0.717, 1.165) is 24.6 Å². The van der Waals surface area contributed by atoms with E-state index in [9.17, 15) is 9.18 Å². The first-order valence-corrected chi connectivity index (χ1v) is 11.6. The van der Waals surface area contributed by atoms with Gasteiger partial charge in [0.05, 0.1) is 18.0 Å². The van der Waals surface area contributed by atoms with Gasteiger partial charge in [-0.15, -0.1) is 10.2 Å². The summed E-state index contributed by atoms with van der Waals surface area (Å²) in [6, 6.07) is 14.0. The number of anilines is 1. The minimum atomic E-state index is -0.567. The molecule has 1 aliphatic rings. The number of aromatic nitrogens is 3. The van der Waals surface area contributed by atoms with Crippen molar-refractivity contribution >= 4 is 35.0 Å². The van der Waals surface area contributed by atoms with Crippen LogP contribution in [-0.4, -0.2) is 44.4 Å². The van der Waals surface area contributed by atoms with Crippen molar-refractivity contribution in [3.8, 4) is 5.69 Å². The topological polar surface area (TPSA) is 63.1 Å². The van der Waals surface area contributed by atoms with Gasteiger partial charge >= 0.3 is 0 Å². The van der Waals surface area contributed by atoms with Crippen molar-refractivity contribution in [2.24, 2.45) is 0 Å². The first-order valence-electron chi connectivity index (χ1n) is 10.2. The van der Waals surface area contributed by atoms with Crippen LogP contribution in [0, 0.1) is 5.82 Å². The summed E-state index contributed by atoms with van der Waals surface area (Å²) < 4.78 is 15.9. The van der Waals surface area contributed by atoms with Crippen LogP contribution < -0.4 is 5.32 Å². The number of likely N-dealkylation sites (tertiary alicyclic amines) is 1. The van der Waals surface area contributed by atoms with E-state index in [2.05, 4.69) is 20.4 Å². The molecular weight excluding hydrogens is 437 g/mol. The number of para-hydroxylation sites is 1. The Morgan fingerprint density at radius 1 is 1.10 bits per heavy atom. The quantitative estimate of drug-likeness (QED) is 0.515. The molecule has 0 spiro atoms. The number of carbonyl (C=O) groups excluding carboxylic acids is 1. The largest absolute Gasteiger partial charge is 0.323 e. The van der Waals surface area contributed by atoms with Gasteiger partial charge in [0.25, 0.3) is 0 Å². The number of benzene rings is 2. The fourth-order valence-electron chi connectivity index (χ4n) is 3.56. The molecular formula is C22H23ClFN5OS. The van der Waals surface area contributed by atoms with Gasteiger partial charge in [-0.2, -0.15) is 0 Å². The molecule has 31 heavy (non-hydrogen) atoms. The first kappa shape index (κ1) is 21.8. The summed E-state index contributed by atoms with van der Waals surface area (Å²) in [5, 5.41) is 12.2. The van der Waals surface area contributed by atoms with Gasteiger partial charge in [0.15, 0.2) is 11.0 Å². The van der Waals surface area contributed by atoms with Crippen molar-refractivity contribution < 1.29 is 9.18 Å². The standard InChI is InChI=1S/C22H23ClFN5OS/c23-16-9-10-19(18(24)13-16)25-21(30)15-31-22-27-26-20(14-28-11-5-2-6-12-28)29(22)17-7-3-1-4-8-17/h1,3-4,7-10,13H,2,5-6,11-12,14-15H2,(H,25,30). The summed E-state index contributed by atoms with van der Waals surface area (Å²) in [7, 11) is 0. The number of piperidine rings is 1. The lowest BCUT2D eigenvalue weighted by Gasteiger charge is -2.26. The minimum Gasteiger partial charge on any atom is -0.323 e. The summed E-state index contributed by atoms with van der Waals surface area (Å²) in [6.07, 6.45) is 3.66. The van der Waals surface area contributed by atoms with Gasteiger partial charge in [-0.05, 0) is 56.3 Å². The lowest BCUT2D eigenvalue weighted by atomic mass is 10.1. The molecule has 0 aliphatic carbocycles. The van der Waals surface area contributed by atoms with Crippen molar-refractivity contribution in [1.29, 1.82) is 0 Å². The monoisotopic (exact) mass is 459 g/mol. The number of hydrogen-bond donors (Lipinski definition) is 1. The normalized spacial score (nSPS) is 14.5. The van der Waals surface area contributed by atoms with Gasteiger partial charge in [0.2, 0.25) is 5.91 Å². The molecule has 6 nitrogen and oxygen atoms in total. The average Bonchev–Trinajstić information content (AvgIpc) is 3.18. The third-order valence-corrected chi connectivity index (χ3v) is 6.23. The molecule has 4 rings (SSSR count). The molecule has 1 saturated heterocycles. The third kappa shape index (κ3) is 5.64. The molecule has 3 aromatic rings. The summed E-state index contributed by atoms with van der Waals surface area (Å²) in [5.41, 5.74) is 1.05. The molecule has 1 amide bonds. The average molecular weight is 460 g/mol. The van der Waals surface area contributed by atoms with Crippen LogP contribution in [0.25, 0.3) is 5.69 Å². The Morgan fingerprint density at radius 2 is 1.87 bits per heavy atom. The van der Waals surface area contributed by atoms with Crippen LogP contribution in [0.2, 0.25) is 5.02 Å². The van der Waals surface area contributed by atoms with Crippen LogP contribution in [0.1, 0.15) is 25.1 Å². The predicted molar refractivity (Wildman–Crippen MR) is 121 cm³/mol. The van der Waals surface area contributed by atoms with E-state index in [-0.39, 0.29) is 22.4 Å². The number of carbonyl (C=O) groups is 1. The molecule has 1 fully saturated rings. The number of thioether (sulfide) groups is 1. The summed E-state index contributed by atoms with van der Waals surface area (Å²) in [5.74, 6) is 0.0322. The number of nitrogens with one attached hydrogen (secondary N) is 1. The van der Waals surface area contributed by atoms with Crippen LogP contribution in [0.15, 0.2) is 53.7 Å². The van der Waals surface area contributed by atoms with Crippen molar-refractivity contribution in [1.82, 2.24) is 19.7 Å². The van der Waals surface area contributed by atoms with E-state index in [0.29, 0.717) is 11.7 Å². The van der Waals surface area contributed by atoms with Gasteiger partial charge in [0.1, 0.15) is 5.82 Å². The number of halogens is 2. The zero-order valence-electron chi connectivity index (χ0n) is 16.9. The molecule has 2 heterocycles. The molecule has 162 valence electrons. The fourth-order valence-corrected chi connectivity index (χ4v) is 4.49. The van der Waals surface area contributed by atoms with Crippen LogP contribution in [0.4, 0.5) is 10.1 Å². The molecule has 0 bridgehead atoms. The van der Waals surface area contributed by atoms with Gasteiger partial charge in [-0.3, -0.25) is 14.3 Å². The molecule has 0 atom stereocenters. The Balaban J connectivity index is 1.48. The van der Waals surface area contributed by atoms with E-state index in [1.165, 1.54) is 49.2 Å². The summed E-state index contributed by atoms with van der Waals surface area (Å²) >= 11 is 7.04. The second kappa shape index (κ2) is 10.3. The van der Waals surface area contributed by atoms with Crippen molar-refractivity contribution in [2.75, 3.05) is 24.2 Å². The number of amides is 1. The van der Waals surface area contributed by atoms with Gasteiger partial charge < -0.3 is 5.32 Å². The maximum Gasteiger partial charge on any atom is 0.234 e. The number of nitrogens with zero attached hydrogens (tertiary/aromatic N) is 4. The highest BCUT2D eigenvalue weighted by atomic mass is 35.5. The zero-order chi connectivity index (χ0) is 21.6.